The maximum atomic E-state index is 12.4. The van der Waals surface area contributed by atoms with Gasteiger partial charge in [-0.25, -0.2) is 0 Å². The predicted octanol–water partition coefficient (Wildman–Crippen LogP) is 3.67. The van der Waals surface area contributed by atoms with Gasteiger partial charge in [-0.1, -0.05) is 30.3 Å². The molecule has 6 heteroatoms. The van der Waals surface area contributed by atoms with Crippen LogP contribution in [0.25, 0.3) is 0 Å². The number of nitrogens with zero attached hydrogens (tertiary/aromatic N) is 3. The first-order valence-corrected chi connectivity index (χ1v) is 10.4. The highest BCUT2D eigenvalue weighted by atomic mass is 32.1. The number of nitrogens with one attached hydrogen (secondary N) is 1. The summed E-state index contributed by atoms with van der Waals surface area (Å²) in [5.74, 6) is 0.0336. The zero-order valence-corrected chi connectivity index (χ0v) is 17.8. The van der Waals surface area contributed by atoms with E-state index in [2.05, 4.69) is 47.8 Å². The molecule has 0 saturated carbocycles. The summed E-state index contributed by atoms with van der Waals surface area (Å²) < 4.78 is 2.01. The van der Waals surface area contributed by atoms with Gasteiger partial charge in [0, 0.05) is 29.2 Å². The lowest BCUT2D eigenvalue weighted by atomic mass is 10.2. The average Bonchev–Trinajstić information content (AvgIpc) is 3.17. The highest BCUT2D eigenvalue weighted by molar-refractivity contribution is 7.10. The van der Waals surface area contributed by atoms with Crippen LogP contribution in [0.3, 0.4) is 0 Å². The Morgan fingerprint density at radius 3 is 2.61 bits per heavy atom. The summed E-state index contributed by atoms with van der Waals surface area (Å²) in [6, 6.07) is 12.4. The van der Waals surface area contributed by atoms with Crippen LogP contribution in [0.4, 0.5) is 0 Å². The first kappa shape index (κ1) is 20.3. The van der Waals surface area contributed by atoms with Crippen LogP contribution in [0.1, 0.15) is 33.0 Å². The highest BCUT2D eigenvalue weighted by Gasteiger charge is 2.14. The number of carbonyl (C=O) groups is 1. The average molecular weight is 397 g/mol. The van der Waals surface area contributed by atoms with Gasteiger partial charge in [0.1, 0.15) is 0 Å². The lowest BCUT2D eigenvalue weighted by molar-refractivity contribution is -0.122. The standard InChI is InChI=1S/C22H28N4OS/c1-16-10-11-28-21(16)14-25(4)15-22(27)23-12-20-17(2)24-26(18(20)3)13-19-8-6-5-7-9-19/h5-11H,12-15H2,1-4H3,(H,23,27). The van der Waals surface area contributed by atoms with Crippen molar-refractivity contribution in [2.45, 2.75) is 40.4 Å². The van der Waals surface area contributed by atoms with Crippen molar-refractivity contribution in [1.29, 1.82) is 0 Å². The quantitative estimate of drug-likeness (QED) is 0.632. The molecule has 5 nitrogen and oxygen atoms in total. The van der Waals surface area contributed by atoms with E-state index >= 15 is 0 Å². The van der Waals surface area contributed by atoms with Crippen LogP contribution in [0, 0.1) is 20.8 Å². The van der Waals surface area contributed by atoms with E-state index in [0.717, 1.165) is 30.0 Å². The summed E-state index contributed by atoms with van der Waals surface area (Å²) in [4.78, 5) is 15.7. The minimum absolute atomic E-state index is 0.0336. The Kier molecular flexibility index (Phi) is 6.65. The lowest BCUT2D eigenvalue weighted by Gasteiger charge is -2.16. The van der Waals surface area contributed by atoms with Gasteiger partial charge in [-0.15, -0.1) is 11.3 Å². The van der Waals surface area contributed by atoms with Gasteiger partial charge in [0.2, 0.25) is 5.91 Å². The van der Waals surface area contributed by atoms with Crippen molar-refractivity contribution >= 4 is 17.2 Å². The van der Waals surface area contributed by atoms with Crippen LogP contribution in [-0.4, -0.2) is 34.2 Å². The molecule has 0 aliphatic rings. The van der Waals surface area contributed by atoms with Crippen molar-refractivity contribution < 1.29 is 4.79 Å². The van der Waals surface area contributed by atoms with Crippen LogP contribution in [0.15, 0.2) is 41.8 Å². The third-order valence-electron chi connectivity index (χ3n) is 4.96. The van der Waals surface area contributed by atoms with E-state index in [9.17, 15) is 4.79 Å². The minimum Gasteiger partial charge on any atom is -0.351 e. The number of carbonyl (C=O) groups excluding carboxylic acids is 1. The molecule has 0 atom stereocenters. The van der Waals surface area contributed by atoms with Gasteiger partial charge in [0.25, 0.3) is 0 Å². The number of amides is 1. The maximum Gasteiger partial charge on any atom is 0.234 e. The van der Waals surface area contributed by atoms with E-state index in [1.165, 1.54) is 16.0 Å². The van der Waals surface area contributed by atoms with Crippen molar-refractivity contribution in [3.8, 4) is 0 Å². The number of aryl methyl sites for hydroxylation is 2. The molecule has 1 N–H and O–H groups in total. The fraction of sp³-hybridized carbons (Fsp3) is 0.364. The molecule has 0 fully saturated rings. The SMILES string of the molecule is Cc1ccsc1CN(C)CC(=O)NCc1c(C)nn(Cc2ccccc2)c1C. The summed E-state index contributed by atoms with van der Waals surface area (Å²) in [6.07, 6.45) is 0. The van der Waals surface area contributed by atoms with Gasteiger partial charge >= 0.3 is 0 Å². The Balaban J connectivity index is 1.55. The second-order valence-electron chi connectivity index (χ2n) is 7.27. The van der Waals surface area contributed by atoms with Gasteiger partial charge in [0.15, 0.2) is 0 Å². The Morgan fingerprint density at radius 1 is 1.18 bits per heavy atom. The predicted molar refractivity (Wildman–Crippen MR) is 114 cm³/mol. The molecule has 2 aromatic heterocycles. The maximum absolute atomic E-state index is 12.4. The largest absolute Gasteiger partial charge is 0.351 e. The third-order valence-corrected chi connectivity index (χ3v) is 5.97. The van der Waals surface area contributed by atoms with Crippen molar-refractivity contribution in [3.63, 3.8) is 0 Å². The molecule has 0 spiro atoms. The Hall–Kier alpha value is -2.44. The molecule has 148 valence electrons. The summed E-state index contributed by atoms with van der Waals surface area (Å²) in [6.45, 7) is 8.61. The zero-order chi connectivity index (χ0) is 20.1. The molecule has 28 heavy (non-hydrogen) atoms. The highest BCUT2D eigenvalue weighted by Crippen LogP contribution is 2.17. The molecular weight excluding hydrogens is 368 g/mol. The monoisotopic (exact) mass is 396 g/mol. The molecule has 0 radical (unpaired) electrons. The first-order valence-electron chi connectivity index (χ1n) is 9.49. The minimum atomic E-state index is 0.0336. The van der Waals surface area contributed by atoms with Gasteiger partial charge in [0.05, 0.1) is 18.8 Å². The molecule has 0 aliphatic heterocycles. The first-order chi connectivity index (χ1) is 13.4. The van der Waals surface area contributed by atoms with E-state index in [-0.39, 0.29) is 5.91 Å². The van der Waals surface area contributed by atoms with Crippen molar-refractivity contribution in [2.75, 3.05) is 13.6 Å². The fourth-order valence-corrected chi connectivity index (χ4v) is 4.24. The van der Waals surface area contributed by atoms with Crippen LogP contribution < -0.4 is 5.32 Å². The Morgan fingerprint density at radius 2 is 1.93 bits per heavy atom. The summed E-state index contributed by atoms with van der Waals surface area (Å²) >= 11 is 1.74. The summed E-state index contributed by atoms with van der Waals surface area (Å²) in [5.41, 5.74) is 5.67. The van der Waals surface area contributed by atoms with E-state index in [4.69, 9.17) is 0 Å². The van der Waals surface area contributed by atoms with Crippen molar-refractivity contribution in [2.24, 2.45) is 0 Å². The summed E-state index contributed by atoms with van der Waals surface area (Å²) in [5, 5.41) is 9.81. The molecular formula is C22H28N4OS. The second kappa shape index (κ2) is 9.17. The number of likely N-dealkylation sites (N-methyl/N-ethyl adjacent to an activating group) is 1. The second-order valence-corrected chi connectivity index (χ2v) is 8.27. The topological polar surface area (TPSA) is 50.2 Å². The molecule has 1 amide bonds. The van der Waals surface area contributed by atoms with Crippen LogP contribution in [0.5, 0.6) is 0 Å². The van der Waals surface area contributed by atoms with E-state index in [0.29, 0.717) is 13.1 Å². The van der Waals surface area contributed by atoms with E-state index in [1.54, 1.807) is 11.3 Å². The van der Waals surface area contributed by atoms with Crippen molar-refractivity contribution in [3.05, 3.63) is 74.7 Å². The smallest absolute Gasteiger partial charge is 0.234 e. The molecule has 0 bridgehead atoms. The number of rotatable bonds is 8. The number of benzene rings is 1. The normalized spacial score (nSPS) is 11.2. The molecule has 2 heterocycles. The number of aromatic nitrogens is 2. The van der Waals surface area contributed by atoms with Gasteiger partial charge in [-0.05, 0) is 50.4 Å². The molecule has 0 saturated heterocycles. The van der Waals surface area contributed by atoms with Crippen molar-refractivity contribution in [1.82, 2.24) is 20.0 Å². The molecule has 0 aliphatic carbocycles. The number of hydrogen-bond donors (Lipinski definition) is 1. The Bertz CT molecular complexity index is 929. The lowest BCUT2D eigenvalue weighted by Crippen LogP contribution is -2.34. The number of hydrogen-bond acceptors (Lipinski definition) is 4. The van der Waals surface area contributed by atoms with Crippen LogP contribution >= 0.6 is 11.3 Å². The summed E-state index contributed by atoms with van der Waals surface area (Å²) in [7, 11) is 1.98. The van der Waals surface area contributed by atoms with Gasteiger partial charge in [-0.2, -0.15) is 5.10 Å². The van der Waals surface area contributed by atoms with E-state index in [1.807, 2.05) is 41.8 Å². The molecule has 3 aromatic rings. The van der Waals surface area contributed by atoms with Crippen LogP contribution in [0.2, 0.25) is 0 Å². The molecule has 1 aromatic carbocycles. The third kappa shape index (κ3) is 5.09. The molecule has 3 rings (SSSR count). The number of thiophene rings is 1. The Labute approximate surface area is 171 Å². The molecule has 0 unspecified atom stereocenters. The fourth-order valence-electron chi connectivity index (χ4n) is 3.26. The van der Waals surface area contributed by atoms with Crippen LogP contribution in [-0.2, 0) is 24.4 Å². The van der Waals surface area contributed by atoms with E-state index < -0.39 is 0 Å². The van der Waals surface area contributed by atoms with Gasteiger partial charge in [-0.3, -0.25) is 14.4 Å². The van der Waals surface area contributed by atoms with Gasteiger partial charge < -0.3 is 5.32 Å². The zero-order valence-electron chi connectivity index (χ0n) is 17.0.